The number of hydrogen-bond acceptors (Lipinski definition) is 10. The van der Waals surface area contributed by atoms with Crippen LogP contribution in [0.3, 0.4) is 0 Å². The molecular formula is C35H42N6O7S. The van der Waals surface area contributed by atoms with Gasteiger partial charge in [0.1, 0.15) is 35.0 Å². The monoisotopic (exact) mass is 690 g/mol. The second kappa shape index (κ2) is 13.7. The van der Waals surface area contributed by atoms with Crippen molar-refractivity contribution in [1.82, 2.24) is 25.5 Å². The summed E-state index contributed by atoms with van der Waals surface area (Å²) in [6.07, 6.45) is 6.06. The lowest BCUT2D eigenvalue weighted by molar-refractivity contribution is -0.145. The summed E-state index contributed by atoms with van der Waals surface area (Å²) in [7, 11) is 0. The first-order valence-corrected chi connectivity index (χ1v) is 17.5. The van der Waals surface area contributed by atoms with E-state index in [1.165, 1.54) is 16.2 Å². The second-order valence-corrected chi connectivity index (χ2v) is 14.9. The zero-order valence-electron chi connectivity index (χ0n) is 27.8. The highest BCUT2D eigenvalue weighted by Crippen LogP contribution is 2.45. The van der Waals surface area contributed by atoms with Gasteiger partial charge in [0.15, 0.2) is 0 Å². The summed E-state index contributed by atoms with van der Waals surface area (Å²) in [6, 6.07) is 6.95. The van der Waals surface area contributed by atoms with Gasteiger partial charge in [0.25, 0.3) is 0 Å². The van der Waals surface area contributed by atoms with Crippen LogP contribution >= 0.6 is 11.3 Å². The fourth-order valence-electron chi connectivity index (χ4n) is 6.47. The molecule has 0 bridgehead atoms. The Morgan fingerprint density at radius 3 is 2.69 bits per heavy atom. The molecule has 49 heavy (non-hydrogen) atoms. The molecule has 260 valence electrons. The number of nitrogens with one attached hydrogen (secondary N) is 2. The molecule has 1 saturated carbocycles. The van der Waals surface area contributed by atoms with Gasteiger partial charge < -0.3 is 35.8 Å². The number of aliphatic carboxylic acids is 1. The van der Waals surface area contributed by atoms with Gasteiger partial charge in [-0.2, -0.15) is 0 Å². The summed E-state index contributed by atoms with van der Waals surface area (Å²) in [5, 5.41) is 17.6. The number of allylic oxidation sites excluding steroid dienone is 1. The van der Waals surface area contributed by atoms with Crippen molar-refractivity contribution in [1.29, 1.82) is 0 Å². The maximum atomic E-state index is 14.3. The van der Waals surface area contributed by atoms with Crippen molar-refractivity contribution in [2.24, 2.45) is 5.92 Å². The van der Waals surface area contributed by atoms with Gasteiger partial charge in [0.2, 0.25) is 17.7 Å². The molecule has 5 N–H and O–H groups in total. The van der Waals surface area contributed by atoms with Crippen LogP contribution < -0.4 is 21.1 Å². The number of ether oxygens (including phenoxy) is 2. The molecule has 3 aliphatic rings. The number of carbonyl (C=O) groups is 4. The van der Waals surface area contributed by atoms with E-state index < -0.39 is 53.2 Å². The molecule has 1 aliphatic carbocycles. The summed E-state index contributed by atoms with van der Waals surface area (Å²) in [5.74, 6) is -2.31. The molecule has 0 spiro atoms. The van der Waals surface area contributed by atoms with Crippen LogP contribution in [0.25, 0.3) is 21.6 Å². The maximum Gasteiger partial charge on any atom is 0.408 e. The number of amides is 3. The minimum Gasteiger partial charge on any atom is -0.479 e. The fourth-order valence-corrected chi connectivity index (χ4v) is 7.17. The number of nitrogens with zero attached hydrogens (tertiary/aromatic N) is 3. The Morgan fingerprint density at radius 2 is 1.96 bits per heavy atom. The number of hydrogen-bond donors (Lipinski definition) is 4. The fraction of sp³-hybridized carbons (Fsp3) is 0.486. The number of benzene rings is 1. The van der Waals surface area contributed by atoms with Crippen LogP contribution in [0.2, 0.25) is 0 Å². The molecule has 2 aromatic heterocycles. The topological polar surface area (TPSA) is 186 Å². The van der Waals surface area contributed by atoms with Crippen molar-refractivity contribution < 1.29 is 33.8 Å². The van der Waals surface area contributed by atoms with Crippen molar-refractivity contribution in [3.8, 4) is 16.5 Å². The number of carbonyl (C=O) groups excluding carboxylic acids is 3. The molecular weight excluding hydrogens is 648 g/mol. The van der Waals surface area contributed by atoms with Crippen LogP contribution in [-0.2, 0) is 19.1 Å². The molecule has 5 atom stereocenters. The standard InChI is InChI=1S/C35H42N6O7S/c1-34(2,3)48-33(46)39-24-11-8-6-4-5-7-10-20-18-35(20,32(44)45)40-29(42)26-17-22(19-41(26)31(24)43)47-30-28(27-12-9-15-49-27)37-25-16-21(36)13-14-23(25)38-30/h7,9-10,12-16,20,22,24,26H,4-6,8,11,17-19,36H2,1-3H3,(H,39,46)(H,40,42)(H,44,45)/b10-7-/t20?,22-,24+,26?,35?/m1/s1. The maximum absolute atomic E-state index is 14.3. The third-order valence-corrected chi connectivity index (χ3v) is 9.88. The number of aromatic nitrogens is 2. The second-order valence-electron chi connectivity index (χ2n) is 13.9. The Morgan fingerprint density at radius 1 is 1.14 bits per heavy atom. The molecule has 6 rings (SSSR count). The van der Waals surface area contributed by atoms with E-state index in [4.69, 9.17) is 25.2 Å². The SMILES string of the molecule is CC(C)(C)OC(=O)N[C@H]1CCCCC/C=C\C2CC2(C(=O)O)NC(=O)C2C[C@@H](Oc3nc4ccc(N)cc4nc3-c3cccs3)CN2C1=O. The molecule has 2 aliphatic heterocycles. The Bertz CT molecular complexity index is 1770. The van der Waals surface area contributed by atoms with Gasteiger partial charge in [0.05, 0.1) is 22.5 Å². The number of nitrogen functional groups attached to an aromatic ring is 1. The number of rotatable bonds is 5. The van der Waals surface area contributed by atoms with Crippen LogP contribution in [0.4, 0.5) is 10.5 Å². The van der Waals surface area contributed by atoms with Crippen LogP contribution in [0.15, 0.2) is 47.9 Å². The number of nitrogens with two attached hydrogens (primary N) is 1. The van der Waals surface area contributed by atoms with Crippen molar-refractivity contribution >= 4 is 51.9 Å². The largest absolute Gasteiger partial charge is 0.479 e. The quantitative estimate of drug-likeness (QED) is 0.217. The first-order chi connectivity index (χ1) is 23.3. The molecule has 14 heteroatoms. The molecule has 13 nitrogen and oxygen atoms in total. The average Bonchev–Trinajstić information content (AvgIpc) is 3.33. The number of carboxylic acids is 1. The summed E-state index contributed by atoms with van der Waals surface area (Å²) in [5.41, 5.74) is 5.96. The Hall–Kier alpha value is -4.72. The van der Waals surface area contributed by atoms with E-state index in [2.05, 4.69) is 10.6 Å². The minimum atomic E-state index is -1.45. The van der Waals surface area contributed by atoms with E-state index in [1.807, 2.05) is 29.7 Å². The molecule has 3 unspecified atom stereocenters. The zero-order chi connectivity index (χ0) is 34.9. The lowest BCUT2D eigenvalue weighted by Gasteiger charge is -2.30. The first kappa shape index (κ1) is 34.2. The smallest absolute Gasteiger partial charge is 0.408 e. The first-order valence-electron chi connectivity index (χ1n) is 16.6. The van der Waals surface area contributed by atoms with Crippen LogP contribution in [0.5, 0.6) is 5.88 Å². The number of fused-ring (bicyclic) bond motifs is 3. The number of carboxylic acid groups (broad SMARTS) is 1. The van der Waals surface area contributed by atoms with Crippen molar-refractivity contribution in [3.05, 3.63) is 47.9 Å². The zero-order valence-corrected chi connectivity index (χ0v) is 28.6. The highest BCUT2D eigenvalue weighted by molar-refractivity contribution is 7.13. The lowest BCUT2D eigenvalue weighted by Crippen LogP contribution is -2.56. The van der Waals surface area contributed by atoms with Gasteiger partial charge in [-0.3, -0.25) is 9.59 Å². The predicted octanol–water partition coefficient (Wildman–Crippen LogP) is 4.66. The normalized spacial score (nSPS) is 26.8. The Balaban J connectivity index is 1.33. The summed E-state index contributed by atoms with van der Waals surface area (Å²) in [6.45, 7) is 5.21. The molecule has 1 saturated heterocycles. The third-order valence-electron chi connectivity index (χ3n) is 9.00. The van der Waals surface area contributed by atoms with Gasteiger partial charge in [0, 0.05) is 18.0 Å². The molecule has 4 heterocycles. The van der Waals surface area contributed by atoms with E-state index in [1.54, 1.807) is 39.0 Å². The van der Waals surface area contributed by atoms with Crippen LogP contribution in [0, 0.1) is 5.92 Å². The third kappa shape index (κ3) is 7.64. The molecule has 3 aromatic rings. The van der Waals surface area contributed by atoms with Gasteiger partial charge in [-0.05, 0) is 76.1 Å². The van der Waals surface area contributed by atoms with Crippen molar-refractivity contribution in [3.63, 3.8) is 0 Å². The van der Waals surface area contributed by atoms with Gasteiger partial charge in [-0.1, -0.05) is 31.1 Å². The Kier molecular flexibility index (Phi) is 9.52. The number of thiophene rings is 1. The molecule has 1 aromatic carbocycles. The number of alkyl carbamates (subject to hydrolysis) is 1. The van der Waals surface area contributed by atoms with E-state index >= 15 is 0 Å². The summed E-state index contributed by atoms with van der Waals surface area (Å²) < 4.78 is 12.0. The van der Waals surface area contributed by atoms with Crippen LogP contribution in [0.1, 0.15) is 65.7 Å². The predicted molar refractivity (Wildman–Crippen MR) is 184 cm³/mol. The average molecular weight is 691 g/mol. The Labute approximate surface area is 288 Å². The van der Waals surface area contributed by atoms with Gasteiger partial charge in [-0.25, -0.2) is 19.6 Å². The highest BCUT2D eigenvalue weighted by Gasteiger charge is 2.61. The number of anilines is 1. The van der Waals surface area contributed by atoms with Crippen molar-refractivity contribution in [2.75, 3.05) is 12.3 Å². The van der Waals surface area contributed by atoms with Gasteiger partial charge >= 0.3 is 12.1 Å². The van der Waals surface area contributed by atoms with E-state index in [0.717, 1.165) is 24.1 Å². The summed E-state index contributed by atoms with van der Waals surface area (Å²) in [4.78, 5) is 65.4. The van der Waals surface area contributed by atoms with Gasteiger partial charge in [-0.15, -0.1) is 11.3 Å². The van der Waals surface area contributed by atoms with E-state index in [-0.39, 0.29) is 31.2 Å². The van der Waals surface area contributed by atoms with E-state index in [0.29, 0.717) is 35.3 Å². The van der Waals surface area contributed by atoms with Crippen LogP contribution in [-0.4, -0.2) is 79.7 Å². The van der Waals surface area contributed by atoms with E-state index in [9.17, 15) is 24.3 Å². The molecule has 3 amide bonds. The summed E-state index contributed by atoms with van der Waals surface area (Å²) >= 11 is 1.46. The lowest BCUT2D eigenvalue weighted by atomic mass is 10.0. The molecule has 2 fully saturated rings. The minimum absolute atomic E-state index is 0.00183. The molecule has 0 radical (unpaired) electrons. The highest BCUT2D eigenvalue weighted by atomic mass is 32.1. The van der Waals surface area contributed by atoms with Crippen molar-refractivity contribution in [2.45, 2.75) is 95.0 Å².